The largest absolute Gasteiger partial charge is 0.378 e. The zero-order chi connectivity index (χ0) is 17.0. The summed E-state index contributed by atoms with van der Waals surface area (Å²) >= 11 is 0. The zero-order valence-electron chi connectivity index (χ0n) is 15.9. The molecule has 0 radical (unpaired) electrons. The Labute approximate surface area is 147 Å². The molecule has 1 saturated heterocycles. The number of unbranched alkanes of at least 4 members (excludes halogenated alkanes) is 13. The van der Waals surface area contributed by atoms with Crippen LogP contribution in [0.15, 0.2) is 0 Å². The SMILES string of the molecule is C#C.CCCCCCCCCCCCCCCCC1CCCO1. The minimum Gasteiger partial charge on any atom is -0.378 e. The molecule has 0 aromatic rings. The van der Waals surface area contributed by atoms with Crippen LogP contribution in [0.25, 0.3) is 0 Å². The van der Waals surface area contributed by atoms with E-state index >= 15 is 0 Å². The summed E-state index contributed by atoms with van der Waals surface area (Å²) in [5.41, 5.74) is 0. The average molecular weight is 323 g/mol. The van der Waals surface area contributed by atoms with Crippen molar-refractivity contribution in [2.24, 2.45) is 0 Å². The van der Waals surface area contributed by atoms with Crippen LogP contribution < -0.4 is 0 Å². The molecule has 0 aromatic carbocycles. The summed E-state index contributed by atoms with van der Waals surface area (Å²) in [5, 5.41) is 0. The van der Waals surface area contributed by atoms with Gasteiger partial charge in [-0.15, -0.1) is 12.8 Å². The van der Waals surface area contributed by atoms with E-state index in [0.29, 0.717) is 6.10 Å². The first-order valence-electron chi connectivity index (χ1n) is 10.4. The van der Waals surface area contributed by atoms with Gasteiger partial charge in [-0.05, 0) is 19.3 Å². The molecule has 1 atom stereocenters. The van der Waals surface area contributed by atoms with Crippen molar-refractivity contribution >= 4 is 0 Å². The molecule has 136 valence electrons. The first-order chi connectivity index (χ1) is 11.4. The summed E-state index contributed by atoms with van der Waals surface area (Å²) in [6, 6.07) is 0. The summed E-state index contributed by atoms with van der Waals surface area (Å²) in [5.74, 6) is 0. The standard InChI is InChI=1S/C20H40O.C2H2/c1-2-3-4-5-6-7-8-9-10-11-12-13-14-15-17-20-18-16-19-21-20;1-2/h20H,2-19H2,1H3;1-2H. The van der Waals surface area contributed by atoms with Gasteiger partial charge in [-0.3, -0.25) is 0 Å². The molecule has 1 rings (SSSR count). The van der Waals surface area contributed by atoms with Gasteiger partial charge in [0.2, 0.25) is 0 Å². The molecule has 0 aliphatic carbocycles. The summed E-state index contributed by atoms with van der Waals surface area (Å²) in [6.07, 6.45) is 32.9. The Hall–Kier alpha value is -0.480. The number of hydrogen-bond acceptors (Lipinski definition) is 1. The molecule has 1 fully saturated rings. The zero-order valence-corrected chi connectivity index (χ0v) is 15.9. The van der Waals surface area contributed by atoms with E-state index in [-0.39, 0.29) is 0 Å². The fourth-order valence-corrected chi connectivity index (χ4v) is 3.44. The van der Waals surface area contributed by atoms with E-state index in [2.05, 4.69) is 19.8 Å². The molecule has 1 unspecified atom stereocenters. The lowest BCUT2D eigenvalue weighted by molar-refractivity contribution is 0.102. The van der Waals surface area contributed by atoms with Crippen LogP contribution >= 0.6 is 0 Å². The lowest BCUT2D eigenvalue weighted by Gasteiger charge is -2.08. The van der Waals surface area contributed by atoms with Crippen molar-refractivity contribution in [3.8, 4) is 12.8 Å². The lowest BCUT2D eigenvalue weighted by atomic mass is 10.0. The Morgan fingerprint density at radius 3 is 1.52 bits per heavy atom. The van der Waals surface area contributed by atoms with E-state index in [1.807, 2.05) is 0 Å². The van der Waals surface area contributed by atoms with Crippen LogP contribution in [0.1, 0.15) is 116 Å². The van der Waals surface area contributed by atoms with Crippen LogP contribution in [0, 0.1) is 12.8 Å². The van der Waals surface area contributed by atoms with Crippen LogP contribution in [0.2, 0.25) is 0 Å². The van der Waals surface area contributed by atoms with Crippen LogP contribution in [-0.2, 0) is 4.74 Å². The summed E-state index contributed by atoms with van der Waals surface area (Å²) in [4.78, 5) is 0. The van der Waals surface area contributed by atoms with Crippen LogP contribution in [0.4, 0.5) is 0 Å². The molecule has 0 saturated carbocycles. The van der Waals surface area contributed by atoms with E-state index in [0.717, 1.165) is 6.61 Å². The van der Waals surface area contributed by atoms with Gasteiger partial charge in [0.05, 0.1) is 6.10 Å². The molecule has 0 N–H and O–H groups in total. The molecular weight excluding hydrogens is 280 g/mol. The van der Waals surface area contributed by atoms with Crippen LogP contribution in [0.5, 0.6) is 0 Å². The third-order valence-electron chi connectivity index (χ3n) is 4.90. The fraction of sp³-hybridized carbons (Fsp3) is 0.909. The molecular formula is C22H42O. The topological polar surface area (TPSA) is 9.23 Å². The van der Waals surface area contributed by atoms with E-state index in [1.54, 1.807) is 0 Å². The highest BCUT2D eigenvalue weighted by Gasteiger charge is 2.14. The second-order valence-corrected chi connectivity index (χ2v) is 7.02. The average Bonchev–Trinajstić information content (AvgIpc) is 3.10. The maximum atomic E-state index is 5.67. The van der Waals surface area contributed by atoms with Crippen molar-refractivity contribution in [1.29, 1.82) is 0 Å². The van der Waals surface area contributed by atoms with Gasteiger partial charge in [0.1, 0.15) is 0 Å². The normalized spacial score (nSPS) is 16.9. The quantitative estimate of drug-likeness (QED) is 0.227. The Bertz CT molecular complexity index is 227. The number of rotatable bonds is 15. The molecule has 0 spiro atoms. The number of ether oxygens (including phenoxy) is 1. The molecule has 1 aliphatic rings. The highest BCUT2D eigenvalue weighted by atomic mass is 16.5. The summed E-state index contributed by atoms with van der Waals surface area (Å²) in [6.45, 7) is 3.31. The minimum absolute atomic E-state index is 0.613. The minimum atomic E-state index is 0.613. The predicted molar refractivity (Wildman–Crippen MR) is 104 cm³/mol. The molecule has 1 heteroatoms. The predicted octanol–water partition coefficient (Wildman–Crippen LogP) is 7.29. The van der Waals surface area contributed by atoms with E-state index in [9.17, 15) is 0 Å². The monoisotopic (exact) mass is 322 g/mol. The molecule has 0 aromatic heterocycles. The van der Waals surface area contributed by atoms with E-state index in [1.165, 1.54) is 109 Å². The van der Waals surface area contributed by atoms with Crippen molar-refractivity contribution in [1.82, 2.24) is 0 Å². The molecule has 1 heterocycles. The third-order valence-corrected chi connectivity index (χ3v) is 4.90. The smallest absolute Gasteiger partial charge is 0.0576 e. The maximum Gasteiger partial charge on any atom is 0.0576 e. The van der Waals surface area contributed by atoms with Crippen molar-refractivity contribution in [3.63, 3.8) is 0 Å². The van der Waals surface area contributed by atoms with Crippen molar-refractivity contribution in [2.75, 3.05) is 6.61 Å². The van der Waals surface area contributed by atoms with Crippen molar-refractivity contribution in [3.05, 3.63) is 0 Å². The Kier molecular flexibility index (Phi) is 19.2. The lowest BCUT2D eigenvalue weighted by Crippen LogP contribution is -2.03. The Morgan fingerprint density at radius 1 is 0.696 bits per heavy atom. The van der Waals surface area contributed by atoms with Gasteiger partial charge >= 0.3 is 0 Å². The van der Waals surface area contributed by atoms with Crippen LogP contribution in [0.3, 0.4) is 0 Å². The molecule has 0 amide bonds. The van der Waals surface area contributed by atoms with Gasteiger partial charge in [-0.25, -0.2) is 0 Å². The molecule has 1 nitrogen and oxygen atoms in total. The van der Waals surface area contributed by atoms with Gasteiger partial charge in [-0.2, -0.15) is 0 Å². The summed E-state index contributed by atoms with van der Waals surface area (Å²) in [7, 11) is 0. The molecule has 23 heavy (non-hydrogen) atoms. The Balaban J connectivity index is 0.00000232. The van der Waals surface area contributed by atoms with Gasteiger partial charge in [0.15, 0.2) is 0 Å². The van der Waals surface area contributed by atoms with Crippen molar-refractivity contribution < 1.29 is 4.74 Å². The first-order valence-corrected chi connectivity index (χ1v) is 10.4. The highest BCUT2D eigenvalue weighted by molar-refractivity contribution is 4.64. The summed E-state index contributed by atoms with van der Waals surface area (Å²) < 4.78 is 5.67. The molecule has 1 aliphatic heterocycles. The van der Waals surface area contributed by atoms with E-state index in [4.69, 9.17) is 4.74 Å². The number of hydrogen-bond donors (Lipinski definition) is 0. The fourth-order valence-electron chi connectivity index (χ4n) is 3.44. The van der Waals surface area contributed by atoms with Gasteiger partial charge in [0.25, 0.3) is 0 Å². The Morgan fingerprint density at radius 2 is 1.13 bits per heavy atom. The number of terminal acetylenes is 1. The van der Waals surface area contributed by atoms with E-state index < -0.39 is 0 Å². The third kappa shape index (κ3) is 16.2. The first kappa shape index (κ1) is 22.5. The van der Waals surface area contributed by atoms with Gasteiger partial charge < -0.3 is 4.74 Å². The van der Waals surface area contributed by atoms with Crippen LogP contribution in [-0.4, -0.2) is 12.7 Å². The van der Waals surface area contributed by atoms with Crippen molar-refractivity contribution in [2.45, 2.75) is 122 Å². The second kappa shape index (κ2) is 19.6. The van der Waals surface area contributed by atoms with Gasteiger partial charge in [0, 0.05) is 6.61 Å². The maximum absolute atomic E-state index is 5.67. The van der Waals surface area contributed by atoms with Gasteiger partial charge in [-0.1, -0.05) is 96.8 Å². The molecule has 0 bridgehead atoms. The highest BCUT2D eigenvalue weighted by Crippen LogP contribution is 2.19. The second-order valence-electron chi connectivity index (χ2n) is 7.02.